The van der Waals surface area contributed by atoms with Gasteiger partial charge in [-0.3, -0.25) is 14.3 Å². The molecule has 2 N–H and O–H groups in total. The van der Waals surface area contributed by atoms with Gasteiger partial charge in [-0.05, 0) is 52.9 Å². The number of halogens is 1. The quantitative estimate of drug-likeness (QED) is 0.616. The van der Waals surface area contributed by atoms with E-state index in [2.05, 4.69) is 44.9 Å². The number of nitrogens with one attached hydrogen (secondary N) is 2. The average Bonchev–Trinajstić information content (AvgIpc) is 2.77. The van der Waals surface area contributed by atoms with E-state index in [9.17, 15) is 9.59 Å². The van der Waals surface area contributed by atoms with Crippen molar-refractivity contribution in [2.75, 3.05) is 10.6 Å². The molecule has 1 heterocycles. The molecule has 2 amide bonds. The van der Waals surface area contributed by atoms with Crippen molar-refractivity contribution in [3.05, 3.63) is 52.3 Å². The van der Waals surface area contributed by atoms with Crippen LogP contribution in [0.15, 0.2) is 43.1 Å². The Morgan fingerprint density at radius 3 is 2.48 bits per heavy atom. The van der Waals surface area contributed by atoms with Crippen molar-refractivity contribution in [3.8, 4) is 0 Å². The average molecular weight is 396 g/mol. The van der Waals surface area contributed by atoms with Crippen molar-refractivity contribution in [3.63, 3.8) is 0 Å². The highest BCUT2D eigenvalue weighted by Gasteiger charge is 2.11. The van der Waals surface area contributed by atoms with Crippen LogP contribution >= 0.6 is 22.6 Å². The summed E-state index contributed by atoms with van der Waals surface area (Å²) in [6.45, 7) is 3.37. The van der Waals surface area contributed by atoms with E-state index in [0.717, 1.165) is 3.57 Å². The molecular weight excluding hydrogens is 383 g/mol. The fourth-order valence-electron chi connectivity index (χ4n) is 1.62. The molecule has 0 spiro atoms. The number of nitrogens with zero attached hydrogens (tertiary/aromatic N) is 2. The molecule has 0 atom stereocenters. The van der Waals surface area contributed by atoms with Crippen molar-refractivity contribution in [2.45, 2.75) is 0 Å². The number of hydrogen-bond donors (Lipinski definition) is 2. The molecule has 6 nitrogen and oxygen atoms in total. The number of aryl methyl sites for hydroxylation is 1. The van der Waals surface area contributed by atoms with Crippen molar-refractivity contribution in [2.24, 2.45) is 7.05 Å². The third-order valence-electron chi connectivity index (χ3n) is 2.62. The van der Waals surface area contributed by atoms with Crippen molar-refractivity contribution in [1.29, 1.82) is 0 Å². The zero-order chi connectivity index (χ0) is 15.4. The standard InChI is InChI=1S/C14H13IN4O2/c1-3-12(20)16-10-6-4-9(5-7-10)14(21)17-13-11(15)8-19(2)18-13/h3-8H,1H2,2H3,(H,16,20)(H,17,18,21). The van der Waals surface area contributed by atoms with Crippen LogP contribution in [0.2, 0.25) is 0 Å². The van der Waals surface area contributed by atoms with Crippen LogP contribution in [0.1, 0.15) is 10.4 Å². The van der Waals surface area contributed by atoms with Gasteiger partial charge in [0.05, 0.1) is 3.57 Å². The lowest BCUT2D eigenvalue weighted by Gasteiger charge is -2.05. The maximum absolute atomic E-state index is 12.1. The number of amides is 2. The second kappa shape index (κ2) is 6.53. The smallest absolute Gasteiger partial charge is 0.256 e. The van der Waals surface area contributed by atoms with E-state index in [4.69, 9.17) is 0 Å². The molecule has 21 heavy (non-hydrogen) atoms. The molecule has 0 aliphatic carbocycles. The van der Waals surface area contributed by atoms with Gasteiger partial charge in [-0.25, -0.2) is 0 Å². The van der Waals surface area contributed by atoms with Crippen molar-refractivity contribution < 1.29 is 9.59 Å². The molecule has 0 aliphatic heterocycles. The first-order valence-electron chi connectivity index (χ1n) is 6.03. The first kappa shape index (κ1) is 15.2. The number of aromatic nitrogens is 2. The molecule has 0 radical (unpaired) electrons. The number of carbonyl (C=O) groups is 2. The van der Waals surface area contributed by atoms with E-state index in [-0.39, 0.29) is 11.8 Å². The Bertz CT molecular complexity index is 691. The van der Waals surface area contributed by atoms with Gasteiger partial charge in [-0.15, -0.1) is 0 Å². The lowest BCUT2D eigenvalue weighted by molar-refractivity contribution is -0.111. The van der Waals surface area contributed by atoms with Crippen LogP contribution < -0.4 is 10.6 Å². The van der Waals surface area contributed by atoms with Gasteiger partial charge in [0, 0.05) is 24.5 Å². The highest BCUT2D eigenvalue weighted by atomic mass is 127. The Kier molecular flexibility index (Phi) is 4.73. The zero-order valence-electron chi connectivity index (χ0n) is 11.3. The normalized spacial score (nSPS) is 10.0. The van der Waals surface area contributed by atoms with E-state index < -0.39 is 0 Å². The second-order valence-corrected chi connectivity index (χ2v) is 5.39. The summed E-state index contributed by atoms with van der Waals surface area (Å²) in [6, 6.07) is 6.56. The van der Waals surface area contributed by atoms with E-state index >= 15 is 0 Å². The predicted molar refractivity (Wildman–Crippen MR) is 89.1 cm³/mol. The fraction of sp³-hybridized carbons (Fsp3) is 0.0714. The van der Waals surface area contributed by atoms with Crippen LogP contribution in [0.3, 0.4) is 0 Å². The highest BCUT2D eigenvalue weighted by molar-refractivity contribution is 14.1. The second-order valence-electron chi connectivity index (χ2n) is 4.22. The Morgan fingerprint density at radius 2 is 1.95 bits per heavy atom. The van der Waals surface area contributed by atoms with Gasteiger partial charge in [-0.2, -0.15) is 5.10 Å². The topological polar surface area (TPSA) is 76.0 Å². The van der Waals surface area contributed by atoms with Crippen LogP contribution in [-0.4, -0.2) is 21.6 Å². The maximum atomic E-state index is 12.1. The lowest BCUT2D eigenvalue weighted by Crippen LogP contribution is -2.13. The third-order valence-corrected chi connectivity index (χ3v) is 3.41. The molecule has 108 valence electrons. The summed E-state index contributed by atoms with van der Waals surface area (Å²) >= 11 is 2.10. The van der Waals surface area contributed by atoms with Gasteiger partial charge in [0.15, 0.2) is 5.82 Å². The van der Waals surface area contributed by atoms with Gasteiger partial charge in [0.1, 0.15) is 0 Å². The van der Waals surface area contributed by atoms with Gasteiger partial charge in [0.2, 0.25) is 5.91 Å². The molecule has 2 aromatic rings. The molecule has 7 heteroatoms. The summed E-state index contributed by atoms with van der Waals surface area (Å²) in [7, 11) is 1.79. The fourth-order valence-corrected chi connectivity index (χ4v) is 2.27. The minimum Gasteiger partial charge on any atom is -0.323 e. The van der Waals surface area contributed by atoms with Crippen LogP contribution in [0.25, 0.3) is 0 Å². The number of carbonyl (C=O) groups excluding carboxylic acids is 2. The maximum Gasteiger partial charge on any atom is 0.256 e. The Labute approximate surface area is 135 Å². The largest absolute Gasteiger partial charge is 0.323 e. The van der Waals surface area contributed by atoms with E-state index in [1.807, 2.05) is 6.20 Å². The van der Waals surface area contributed by atoms with Crippen molar-refractivity contribution in [1.82, 2.24) is 9.78 Å². The molecule has 0 saturated heterocycles. The molecule has 1 aromatic heterocycles. The first-order valence-corrected chi connectivity index (χ1v) is 7.11. The van der Waals surface area contributed by atoms with E-state index in [1.165, 1.54) is 6.08 Å². The minimum absolute atomic E-state index is 0.256. The SMILES string of the molecule is C=CC(=O)Nc1ccc(C(=O)Nc2nn(C)cc2I)cc1. The summed E-state index contributed by atoms with van der Waals surface area (Å²) in [4.78, 5) is 23.3. The minimum atomic E-state index is -0.296. The number of anilines is 2. The Morgan fingerprint density at radius 1 is 1.29 bits per heavy atom. The zero-order valence-corrected chi connectivity index (χ0v) is 13.4. The third kappa shape index (κ3) is 3.91. The van der Waals surface area contributed by atoms with Crippen LogP contribution in [-0.2, 0) is 11.8 Å². The molecule has 2 rings (SSSR count). The molecule has 1 aromatic carbocycles. The molecular formula is C14H13IN4O2. The summed E-state index contributed by atoms with van der Waals surface area (Å²) < 4.78 is 2.49. The summed E-state index contributed by atoms with van der Waals surface area (Å²) in [5, 5.41) is 9.50. The van der Waals surface area contributed by atoms with Crippen molar-refractivity contribution >= 4 is 45.9 Å². The highest BCUT2D eigenvalue weighted by Crippen LogP contribution is 2.16. The van der Waals surface area contributed by atoms with Gasteiger partial charge >= 0.3 is 0 Å². The molecule has 0 fully saturated rings. The molecule has 0 unspecified atom stereocenters. The van der Waals surface area contributed by atoms with Gasteiger partial charge in [0.25, 0.3) is 5.91 Å². The van der Waals surface area contributed by atoms with Crippen LogP contribution in [0.4, 0.5) is 11.5 Å². The summed E-state index contributed by atoms with van der Waals surface area (Å²) in [6.07, 6.45) is 2.99. The Balaban J connectivity index is 2.08. The Hall–Kier alpha value is -2.16. The monoisotopic (exact) mass is 396 g/mol. The first-order chi connectivity index (χ1) is 9.99. The number of hydrogen-bond acceptors (Lipinski definition) is 3. The van der Waals surface area contributed by atoms with E-state index in [1.54, 1.807) is 36.0 Å². The number of rotatable bonds is 4. The lowest BCUT2D eigenvalue weighted by atomic mass is 10.2. The summed E-state index contributed by atoms with van der Waals surface area (Å²) in [5.41, 5.74) is 1.08. The predicted octanol–water partition coefficient (Wildman–Crippen LogP) is 2.40. The van der Waals surface area contributed by atoms with Crippen LogP contribution in [0.5, 0.6) is 0 Å². The molecule has 0 saturated carbocycles. The summed E-state index contributed by atoms with van der Waals surface area (Å²) in [5.74, 6) is -0.0319. The van der Waals surface area contributed by atoms with Crippen LogP contribution in [0, 0.1) is 3.57 Å². The van der Waals surface area contributed by atoms with E-state index in [0.29, 0.717) is 17.1 Å². The van der Waals surface area contributed by atoms with Gasteiger partial charge < -0.3 is 10.6 Å². The molecule has 0 aliphatic rings. The van der Waals surface area contributed by atoms with Gasteiger partial charge in [-0.1, -0.05) is 6.58 Å². The number of benzene rings is 1. The molecule has 0 bridgehead atoms.